The molecule has 0 amide bonds. The molecule has 0 N–H and O–H groups in total. The first kappa shape index (κ1) is 15.1. The molecule has 2 aromatic rings. The van der Waals surface area contributed by atoms with Crippen molar-refractivity contribution in [2.45, 2.75) is 32.6 Å². The van der Waals surface area contributed by atoms with E-state index in [0.717, 1.165) is 24.9 Å². The van der Waals surface area contributed by atoms with Gasteiger partial charge in [-0.15, -0.1) is 0 Å². The van der Waals surface area contributed by atoms with Crippen molar-refractivity contribution < 1.29 is 9.15 Å². The molecule has 1 aromatic heterocycles. The smallest absolute Gasteiger partial charge is 0.360 e. The van der Waals surface area contributed by atoms with Crippen LogP contribution in [0.5, 0.6) is 0 Å². The summed E-state index contributed by atoms with van der Waals surface area (Å²) in [5, 5.41) is 1.07. The van der Waals surface area contributed by atoms with Crippen LogP contribution in [0.3, 0.4) is 0 Å². The highest BCUT2D eigenvalue weighted by Gasteiger charge is 2.17. The van der Waals surface area contributed by atoms with Crippen molar-refractivity contribution in [1.82, 2.24) is 0 Å². The van der Waals surface area contributed by atoms with Crippen LogP contribution in [-0.2, 0) is 11.2 Å². The first-order chi connectivity index (χ1) is 10.8. The highest BCUT2D eigenvalue weighted by Crippen LogP contribution is 2.24. The van der Waals surface area contributed by atoms with Gasteiger partial charge in [0.25, 0.3) is 0 Å². The molecule has 1 saturated heterocycles. The Bertz CT molecular complexity index is 686. The maximum absolute atomic E-state index is 12.3. The van der Waals surface area contributed by atoms with E-state index in [2.05, 4.69) is 17.9 Å². The van der Waals surface area contributed by atoms with Crippen LogP contribution in [0, 0.1) is 0 Å². The van der Waals surface area contributed by atoms with Gasteiger partial charge in [-0.2, -0.15) is 0 Å². The number of unbranched alkanes of at least 4 members (excludes halogenated alkanes) is 2. The van der Waals surface area contributed by atoms with Crippen molar-refractivity contribution in [1.29, 1.82) is 0 Å². The topological polar surface area (TPSA) is 42.7 Å². The van der Waals surface area contributed by atoms with E-state index in [-0.39, 0.29) is 5.63 Å². The van der Waals surface area contributed by atoms with Gasteiger partial charge < -0.3 is 14.1 Å². The van der Waals surface area contributed by atoms with Gasteiger partial charge in [-0.3, -0.25) is 0 Å². The molecule has 1 aliphatic heterocycles. The highest BCUT2D eigenvalue weighted by atomic mass is 16.5. The Labute approximate surface area is 130 Å². The second kappa shape index (κ2) is 6.97. The third kappa shape index (κ3) is 3.17. The molecule has 4 nitrogen and oxygen atoms in total. The molecule has 22 heavy (non-hydrogen) atoms. The number of hydrogen-bond donors (Lipinski definition) is 0. The molecular weight excluding hydrogens is 278 g/mol. The summed E-state index contributed by atoms with van der Waals surface area (Å²) in [6.45, 7) is 5.02. The molecule has 0 bridgehead atoms. The molecule has 0 unspecified atom stereocenters. The second-order valence-electron chi connectivity index (χ2n) is 5.80. The van der Waals surface area contributed by atoms with Crippen molar-refractivity contribution in [3.63, 3.8) is 0 Å². The molecule has 4 heteroatoms. The standard InChI is InChI=1S/C18H23NO3/c1-2-3-4-6-14-7-5-8-17-15(14)13-16(18(20)22-17)19-9-11-21-12-10-19/h5,7-8,13H,2-4,6,9-12H2,1H3. The second-order valence-corrected chi connectivity index (χ2v) is 5.80. The monoisotopic (exact) mass is 301 g/mol. The zero-order valence-corrected chi connectivity index (χ0v) is 13.1. The Balaban J connectivity index is 1.97. The molecule has 0 atom stereocenters. The zero-order valence-electron chi connectivity index (χ0n) is 13.1. The predicted molar refractivity (Wildman–Crippen MR) is 88.7 cm³/mol. The van der Waals surface area contributed by atoms with E-state index >= 15 is 0 Å². The molecule has 0 spiro atoms. The number of nitrogens with zero attached hydrogens (tertiary/aromatic N) is 1. The Kier molecular flexibility index (Phi) is 4.78. The van der Waals surface area contributed by atoms with Crippen LogP contribution in [0.15, 0.2) is 33.5 Å². The summed E-state index contributed by atoms with van der Waals surface area (Å²) in [4.78, 5) is 14.3. The van der Waals surface area contributed by atoms with Crippen molar-refractivity contribution in [3.05, 3.63) is 40.2 Å². The predicted octanol–water partition coefficient (Wildman–Crippen LogP) is 3.36. The minimum absolute atomic E-state index is 0.250. The number of fused-ring (bicyclic) bond motifs is 1. The minimum Gasteiger partial charge on any atom is -0.421 e. The van der Waals surface area contributed by atoms with Gasteiger partial charge in [0.1, 0.15) is 11.3 Å². The fourth-order valence-corrected chi connectivity index (χ4v) is 3.00. The highest BCUT2D eigenvalue weighted by molar-refractivity contribution is 5.83. The lowest BCUT2D eigenvalue weighted by Gasteiger charge is -2.27. The van der Waals surface area contributed by atoms with Crippen molar-refractivity contribution >= 4 is 16.7 Å². The number of hydrogen-bond acceptors (Lipinski definition) is 4. The fraction of sp³-hybridized carbons (Fsp3) is 0.500. The molecule has 0 saturated carbocycles. The summed E-state index contributed by atoms with van der Waals surface area (Å²) >= 11 is 0. The quantitative estimate of drug-likeness (QED) is 0.627. The lowest BCUT2D eigenvalue weighted by molar-refractivity contribution is 0.122. The first-order valence-electron chi connectivity index (χ1n) is 8.18. The average molecular weight is 301 g/mol. The molecule has 0 aliphatic carbocycles. The summed E-state index contributed by atoms with van der Waals surface area (Å²) in [6.07, 6.45) is 4.63. The number of benzene rings is 1. The Morgan fingerprint density at radius 2 is 2.00 bits per heavy atom. The summed E-state index contributed by atoms with van der Waals surface area (Å²) in [6, 6.07) is 8.00. The Morgan fingerprint density at radius 1 is 1.18 bits per heavy atom. The molecule has 0 radical (unpaired) electrons. The van der Waals surface area contributed by atoms with E-state index in [9.17, 15) is 4.79 Å². The number of rotatable bonds is 5. The van der Waals surface area contributed by atoms with Crippen LogP contribution in [0.2, 0.25) is 0 Å². The van der Waals surface area contributed by atoms with E-state index in [4.69, 9.17) is 9.15 Å². The molecule has 1 fully saturated rings. The number of aryl methyl sites for hydroxylation is 1. The minimum atomic E-state index is -0.250. The Hall–Kier alpha value is -1.81. The van der Waals surface area contributed by atoms with Crippen LogP contribution in [0.25, 0.3) is 11.0 Å². The van der Waals surface area contributed by atoms with E-state index < -0.39 is 0 Å². The van der Waals surface area contributed by atoms with Crippen LogP contribution < -0.4 is 10.5 Å². The normalized spacial score (nSPS) is 15.4. The number of anilines is 1. The van der Waals surface area contributed by atoms with E-state index in [1.54, 1.807) is 0 Å². The van der Waals surface area contributed by atoms with Gasteiger partial charge in [0.2, 0.25) is 0 Å². The van der Waals surface area contributed by atoms with Gasteiger partial charge in [0, 0.05) is 18.5 Å². The summed E-state index contributed by atoms with van der Waals surface area (Å²) < 4.78 is 10.9. The molecule has 2 heterocycles. The fourth-order valence-electron chi connectivity index (χ4n) is 3.00. The van der Waals surface area contributed by atoms with Gasteiger partial charge in [0.05, 0.1) is 13.2 Å². The number of morpholine rings is 1. The summed E-state index contributed by atoms with van der Waals surface area (Å²) in [7, 11) is 0. The Morgan fingerprint density at radius 3 is 2.77 bits per heavy atom. The van der Waals surface area contributed by atoms with Gasteiger partial charge in [-0.05, 0) is 30.5 Å². The SMILES string of the molecule is CCCCCc1cccc2oc(=O)c(N3CCOCC3)cc12. The maximum atomic E-state index is 12.3. The van der Waals surface area contributed by atoms with Gasteiger partial charge in [-0.25, -0.2) is 4.79 Å². The third-order valence-corrected chi connectivity index (χ3v) is 4.25. The first-order valence-corrected chi connectivity index (χ1v) is 8.18. The number of ether oxygens (including phenoxy) is 1. The van der Waals surface area contributed by atoms with E-state index in [1.165, 1.54) is 24.8 Å². The van der Waals surface area contributed by atoms with Crippen molar-refractivity contribution in [2.24, 2.45) is 0 Å². The lowest BCUT2D eigenvalue weighted by Crippen LogP contribution is -2.38. The van der Waals surface area contributed by atoms with Crippen LogP contribution in [0.4, 0.5) is 5.69 Å². The van der Waals surface area contributed by atoms with Crippen LogP contribution in [-0.4, -0.2) is 26.3 Å². The summed E-state index contributed by atoms with van der Waals surface area (Å²) in [5.41, 5.74) is 2.37. The molecule has 3 rings (SSSR count). The van der Waals surface area contributed by atoms with Gasteiger partial charge >= 0.3 is 5.63 Å². The van der Waals surface area contributed by atoms with Crippen molar-refractivity contribution in [2.75, 3.05) is 31.2 Å². The molecule has 118 valence electrons. The largest absolute Gasteiger partial charge is 0.421 e. The van der Waals surface area contributed by atoms with Crippen molar-refractivity contribution in [3.8, 4) is 0 Å². The molecular formula is C18H23NO3. The van der Waals surface area contributed by atoms with Gasteiger partial charge in [-0.1, -0.05) is 31.9 Å². The van der Waals surface area contributed by atoms with Crippen LogP contribution in [0.1, 0.15) is 31.7 Å². The summed E-state index contributed by atoms with van der Waals surface area (Å²) in [5.74, 6) is 0. The van der Waals surface area contributed by atoms with E-state index in [0.29, 0.717) is 24.5 Å². The average Bonchev–Trinajstić information content (AvgIpc) is 2.55. The zero-order chi connectivity index (χ0) is 15.4. The molecule has 1 aliphatic rings. The van der Waals surface area contributed by atoms with E-state index in [1.807, 2.05) is 18.2 Å². The van der Waals surface area contributed by atoms with Crippen LogP contribution >= 0.6 is 0 Å². The lowest BCUT2D eigenvalue weighted by atomic mass is 10.0. The third-order valence-electron chi connectivity index (χ3n) is 4.25. The van der Waals surface area contributed by atoms with Gasteiger partial charge in [0.15, 0.2) is 0 Å². The molecule has 1 aromatic carbocycles. The maximum Gasteiger partial charge on any atom is 0.360 e.